The number of likely N-dealkylation sites (tertiary alicyclic amines) is 1. The Morgan fingerprint density at radius 2 is 1.96 bits per heavy atom. The molecule has 0 bridgehead atoms. The van der Waals surface area contributed by atoms with Crippen LogP contribution in [0.4, 0.5) is 4.39 Å². The molecule has 1 fully saturated rings. The molecule has 4 rings (SSSR count). The normalized spacial score (nSPS) is 17.0. The fraction of sp³-hybridized carbons (Fsp3) is 0.333. The topological polar surface area (TPSA) is 63.9 Å². The summed E-state index contributed by atoms with van der Waals surface area (Å²) < 4.78 is 16.1. The summed E-state index contributed by atoms with van der Waals surface area (Å²) in [6, 6.07) is 6.13. The van der Waals surface area contributed by atoms with Crippen LogP contribution >= 0.6 is 0 Å². The van der Waals surface area contributed by atoms with Crippen molar-refractivity contribution in [1.82, 2.24) is 24.4 Å². The molecular weight excluding hydrogens is 357 g/mol. The number of imidazole rings is 1. The van der Waals surface area contributed by atoms with E-state index >= 15 is 0 Å². The first-order valence-electron chi connectivity index (χ1n) is 9.39. The van der Waals surface area contributed by atoms with Crippen molar-refractivity contribution in [1.29, 1.82) is 0 Å². The van der Waals surface area contributed by atoms with Crippen molar-refractivity contribution in [2.75, 3.05) is 13.1 Å². The lowest BCUT2D eigenvalue weighted by atomic mass is 9.92. The van der Waals surface area contributed by atoms with Gasteiger partial charge >= 0.3 is 0 Å². The Kier molecular flexibility index (Phi) is 4.90. The van der Waals surface area contributed by atoms with Crippen LogP contribution < -0.4 is 0 Å². The van der Waals surface area contributed by atoms with Crippen molar-refractivity contribution in [3.8, 4) is 11.4 Å². The van der Waals surface area contributed by atoms with Crippen LogP contribution in [0.1, 0.15) is 40.6 Å². The molecule has 3 heterocycles. The summed E-state index contributed by atoms with van der Waals surface area (Å²) in [6.07, 6.45) is 6.90. The van der Waals surface area contributed by atoms with Crippen LogP contribution in [0.3, 0.4) is 0 Å². The van der Waals surface area contributed by atoms with Crippen molar-refractivity contribution >= 4 is 5.91 Å². The smallest absolute Gasteiger partial charge is 0.256 e. The van der Waals surface area contributed by atoms with E-state index in [0.29, 0.717) is 13.1 Å². The molecule has 6 nitrogen and oxygen atoms in total. The summed E-state index contributed by atoms with van der Waals surface area (Å²) in [5.41, 5.74) is 2.66. The number of hydrogen-bond acceptors (Lipinski definition) is 4. The number of halogens is 1. The second kappa shape index (κ2) is 7.50. The van der Waals surface area contributed by atoms with E-state index in [4.69, 9.17) is 0 Å². The van der Waals surface area contributed by atoms with Crippen molar-refractivity contribution < 1.29 is 9.18 Å². The maximum atomic E-state index is 14.1. The minimum atomic E-state index is -0.486. The minimum absolute atomic E-state index is 0.0448. The van der Waals surface area contributed by atoms with Crippen molar-refractivity contribution in [2.45, 2.75) is 25.7 Å². The molecule has 2 aromatic heterocycles. The molecular formula is C21H22FN5O. The fourth-order valence-electron chi connectivity index (χ4n) is 3.76. The highest BCUT2D eigenvalue weighted by Crippen LogP contribution is 2.32. The maximum Gasteiger partial charge on any atom is 0.256 e. The number of hydrogen-bond donors (Lipinski definition) is 0. The van der Waals surface area contributed by atoms with Gasteiger partial charge in [-0.05, 0) is 31.9 Å². The Balaban J connectivity index is 1.63. The van der Waals surface area contributed by atoms with Crippen molar-refractivity contribution in [3.05, 3.63) is 65.8 Å². The van der Waals surface area contributed by atoms with Crippen LogP contribution in [0.2, 0.25) is 0 Å². The fourth-order valence-corrected chi connectivity index (χ4v) is 3.76. The molecule has 7 heteroatoms. The molecule has 28 heavy (non-hydrogen) atoms. The SMILES string of the molecule is Cc1ncc(-c2nccnc2[C@H]2CCCN(C(=O)c3ccccc3F)C2)n1C. The zero-order chi connectivity index (χ0) is 19.7. The number of amides is 1. The number of benzene rings is 1. The van der Waals surface area contributed by atoms with Gasteiger partial charge in [-0.2, -0.15) is 0 Å². The van der Waals surface area contributed by atoms with E-state index in [1.165, 1.54) is 12.1 Å². The Bertz CT molecular complexity index is 1020. The summed E-state index contributed by atoms with van der Waals surface area (Å²) >= 11 is 0. The number of carbonyl (C=O) groups is 1. The first kappa shape index (κ1) is 18.3. The van der Waals surface area contributed by atoms with Gasteiger partial charge in [0, 0.05) is 38.4 Å². The molecule has 0 aliphatic carbocycles. The molecule has 0 unspecified atom stereocenters. The van der Waals surface area contributed by atoms with Gasteiger partial charge in [0.15, 0.2) is 0 Å². The zero-order valence-electron chi connectivity index (χ0n) is 16.0. The lowest BCUT2D eigenvalue weighted by Gasteiger charge is -2.33. The predicted molar refractivity (Wildman–Crippen MR) is 103 cm³/mol. The number of aryl methyl sites for hydroxylation is 1. The number of aromatic nitrogens is 4. The largest absolute Gasteiger partial charge is 0.338 e. The first-order chi connectivity index (χ1) is 13.6. The van der Waals surface area contributed by atoms with Crippen LogP contribution in [-0.2, 0) is 7.05 Å². The zero-order valence-corrected chi connectivity index (χ0v) is 16.0. The highest BCUT2D eigenvalue weighted by Gasteiger charge is 2.30. The van der Waals surface area contributed by atoms with Gasteiger partial charge in [-0.3, -0.25) is 14.8 Å². The molecule has 0 saturated carbocycles. The van der Waals surface area contributed by atoms with Crippen LogP contribution in [-0.4, -0.2) is 43.4 Å². The number of carbonyl (C=O) groups excluding carboxylic acids is 1. The summed E-state index contributed by atoms with van der Waals surface area (Å²) in [7, 11) is 1.95. The van der Waals surface area contributed by atoms with Gasteiger partial charge in [0.05, 0.1) is 23.1 Å². The predicted octanol–water partition coefficient (Wildman–Crippen LogP) is 3.34. The first-order valence-corrected chi connectivity index (χ1v) is 9.39. The highest BCUT2D eigenvalue weighted by atomic mass is 19.1. The molecule has 1 atom stereocenters. The maximum absolute atomic E-state index is 14.1. The van der Waals surface area contributed by atoms with Gasteiger partial charge < -0.3 is 9.47 Å². The monoisotopic (exact) mass is 379 g/mol. The molecule has 1 aromatic carbocycles. The Hall–Kier alpha value is -3.09. The Morgan fingerprint density at radius 3 is 2.71 bits per heavy atom. The van der Waals surface area contributed by atoms with E-state index < -0.39 is 5.82 Å². The Morgan fingerprint density at radius 1 is 1.18 bits per heavy atom. The van der Waals surface area contributed by atoms with Gasteiger partial charge in [0.1, 0.15) is 17.3 Å². The van der Waals surface area contributed by atoms with Crippen LogP contribution in [0.5, 0.6) is 0 Å². The van der Waals surface area contributed by atoms with Crippen molar-refractivity contribution in [3.63, 3.8) is 0 Å². The number of nitrogens with zero attached hydrogens (tertiary/aromatic N) is 5. The molecule has 144 valence electrons. The third-order valence-electron chi connectivity index (χ3n) is 5.39. The lowest BCUT2D eigenvalue weighted by Crippen LogP contribution is -2.39. The van der Waals surface area contributed by atoms with Crippen LogP contribution in [0.15, 0.2) is 42.9 Å². The summed E-state index contributed by atoms with van der Waals surface area (Å²) in [4.78, 5) is 28.1. The lowest BCUT2D eigenvalue weighted by molar-refractivity contribution is 0.0701. The third-order valence-corrected chi connectivity index (χ3v) is 5.39. The summed E-state index contributed by atoms with van der Waals surface area (Å²) in [5, 5.41) is 0. The van der Waals surface area contributed by atoms with E-state index in [2.05, 4.69) is 15.0 Å². The van der Waals surface area contributed by atoms with Gasteiger partial charge in [-0.15, -0.1) is 0 Å². The van der Waals surface area contributed by atoms with Gasteiger partial charge in [-0.1, -0.05) is 12.1 Å². The van der Waals surface area contributed by atoms with Crippen LogP contribution in [0.25, 0.3) is 11.4 Å². The van der Waals surface area contributed by atoms with E-state index in [1.54, 1.807) is 35.6 Å². The molecule has 0 radical (unpaired) electrons. The van der Waals surface area contributed by atoms with E-state index in [1.807, 2.05) is 18.5 Å². The van der Waals surface area contributed by atoms with E-state index in [-0.39, 0.29) is 17.4 Å². The number of rotatable bonds is 3. The standard InChI is InChI=1S/C21H22FN5O/c1-14-25-12-18(26(14)2)20-19(23-9-10-24-20)15-6-5-11-27(13-15)21(28)16-7-3-4-8-17(16)22/h3-4,7-10,12,15H,5-6,11,13H2,1-2H3/t15-/m0/s1. The molecule has 3 aromatic rings. The van der Waals surface area contributed by atoms with Gasteiger partial charge in [-0.25, -0.2) is 9.37 Å². The number of piperidine rings is 1. The molecule has 1 amide bonds. The minimum Gasteiger partial charge on any atom is -0.338 e. The second-order valence-corrected chi connectivity index (χ2v) is 7.11. The van der Waals surface area contributed by atoms with Crippen molar-refractivity contribution in [2.24, 2.45) is 7.05 Å². The molecule has 0 spiro atoms. The highest BCUT2D eigenvalue weighted by molar-refractivity contribution is 5.94. The average molecular weight is 379 g/mol. The second-order valence-electron chi connectivity index (χ2n) is 7.11. The van der Waals surface area contributed by atoms with Crippen LogP contribution in [0, 0.1) is 12.7 Å². The summed E-state index contributed by atoms with van der Waals surface area (Å²) in [5.74, 6) is 0.180. The van der Waals surface area contributed by atoms with Gasteiger partial charge in [0.2, 0.25) is 0 Å². The Labute approximate surface area is 163 Å². The molecule has 1 aliphatic heterocycles. The molecule has 0 N–H and O–H groups in total. The third kappa shape index (κ3) is 3.28. The average Bonchev–Trinajstić information content (AvgIpc) is 3.06. The molecule has 1 aliphatic rings. The molecule has 1 saturated heterocycles. The van der Waals surface area contributed by atoms with Gasteiger partial charge in [0.25, 0.3) is 5.91 Å². The van der Waals surface area contributed by atoms with E-state index in [0.717, 1.165) is 35.7 Å². The summed E-state index contributed by atoms with van der Waals surface area (Å²) in [6.45, 7) is 3.05. The van der Waals surface area contributed by atoms with E-state index in [9.17, 15) is 9.18 Å². The quantitative estimate of drug-likeness (QED) is 0.700.